The van der Waals surface area contributed by atoms with E-state index in [0.717, 1.165) is 11.6 Å². The largest absolute Gasteiger partial charge is 0.478 e. The van der Waals surface area contributed by atoms with E-state index in [1.807, 2.05) is 44.2 Å². The highest BCUT2D eigenvalue weighted by Crippen LogP contribution is 2.33. The topological polar surface area (TPSA) is 105 Å². The van der Waals surface area contributed by atoms with E-state index in [1.54, 1.807) is 24.3 Å². The highest BCUT2D eigenvalue weighted by Gasteiger charge is 2.49. The third-order valence-corrected chi connectivity index (χ3v) is 4.74. The van der Waals surface area contributed by atoms with Crippen LogP contribution in [0.15, 0.2) is 66.8 Å². The maximum Gasteiger partial charge on any atom is 0.329 e. The summed E-state index contributed by atoms with van der Waals surface area (Å²) in [4.78, 5) is 35.1. The van der Waals surface area contributed by atoms with Crippen molar-refractivity contribution >= 4 is 17.8 Å². The molecule has 1 amide bonds. The number of amides is 1. The van der Waals surface area contributed by atoms with E-state index in [1.165, 1.54) is 13.0 Å². The highest BCUT2D eigenvalue weighted by molar-refractivity contribution is 5.84. The van der Waals surface area contributed by atoms with Crippen LogP contribution in [0, 0.1) is 0 Å². The van der Waals surface area contributed by atoms with Gasteiger partial charge in [0.1, 0.15) is 11.6 Å². The summed E-state index contributed by atoms with van der Waals surface area (Å²) in [7, 11) is 0. The molecule has 2 rings (SSSR count). The number of epoxide rings is 1. The van der Waals surface area contributed by atoms with Gasteiger partial charge >= 0.3 is 11.9 Å². The predicted molar refractivity (Wildman–Crippen MR) is 112 cm³/mol. The second kappa shape index (κ2) is 10.5. The fraction of sp³-hybridized carbons (Fsp3) is 0.348. The lowest BCUT2D eigenvalue weighted by Gasteiger charge is -2.26. The molecule has 2 N–H and O–H groups in total. The van der Waals surface area contributed by atoms with E-state index >= 15 is 0 Å². The number of aliphatic carboxylic acids is 1. The van der Waals surface area contributed by atoms with E-state index in [0.29, 0.717) is 6.61 Å². The number of carbonyl (C=O) groups excluding carboxylic acids is 2. The zero-order valence-electron chi connectivity index (χ0n) is 17.3. The summed E-state index contributed by atoms with van der Waals surface area (Å²) in [5.74, 6) is -2.20. The summed E-state index contributed by atoms with van der Waals surface area (Å²) >= 11 is 0. The van der Waals surface area contributed by atoms with Gasteiger partial charge in [-0.3, -0.25) is 4.79 Å². The molecule has 1 saturated heterocycles. The molecule has 0 aromatic heterocycles. The van der Waals surface area contributed by atoms with Crippen molar-refractivity contribution in [3.8, 4) is 0 Å². The van der Waals surface area contributed by atoms with Gasteiger partial charge in [-0.25, -0.2) is 9.59 Å². The Kier molecular flexibility index (Phi) is 8.12. The van der Waals surface area contributed by atoms with Crippen molar-refractivity contribution < 1.29 is 29.0 Å². The van der Waals surface area contributed by atoms with Crippen LogP contribution in [0.1, 0.15) is 32.3 Å². The van der Waals surface area contributed by atoms with Gasteiger partial charge in [0.05, 0.1) is 6.61 Å². The number of nitrogens with one attached hydrogen (secondary N) is 1. The smallest absolute Gasteiger partial charge is 0.329 e. The number of carboxylic acid groups (broad SMARTS) is 1. The van der Waals surface area contributed by atoms with Crippen molar-refractivity contribution in [3.63, 3.8) is 0 Å². The summed E-state index contributed by atoms with van der Waals surface area (Å²) in [6.45, 7) is 5.49. The van der Waals surface area contributed by atoms with Gasteiger partial charge in [0.25, 0.3) is 0 Å². The average molecular weight is 413 g/mol. The van der Waals surface area contributed by atoms with Crippen molar-refractivity contribution in [2.75, 3.05) is 6.61 Å². The molecular weight excluding hydrogens is 386 g/mol. The van der Waals surface area contributed by atoms with Crippen LogP contribution in [-0.4, -0.2) is 47.3 Å². The third-order valence-electron chi connectivity index (χ3n) is 4.74. The normalized spacial score (nSPS) is 21.4. The first-order valence-electron chi connectivity index (χ1n) is 9.64. The van der Waals surface area contributed by atoms with Gasteiger partial charge in [-0.15, -0.1) is 0 Å². The maximum atomic E-state index is 13.0. The summed E-state index contributed by atoms with van der Waals surface area (Å²) < 4.78 is 11.2. The number of carbonyl (C=O) groups is 3. The van der Waals surface area contributed by atoms with Crippen LogP contribution in [0.5, 0.6) is 0 Å². The Hall–Kier alpha value is -3.19. The van der Waals surface area contributed by atoms with Gasteiger partial charge in [0.15, 0.2) is 6.10 Å². The van der Waals surface area contributed by atoms with E-state index in [2.05, 4.69) is 5.32 Å². The lowest BCUT2D eigenvalue weighted by molar-refractivity contribution is -0.154. The first-order chi connectivity index (χ1) is 14.2. The molecule has 0 spiro atoms. The highest BCUT2D eigenvalue weighted by atomic mass is 16.6. The average Bonchev–Trinajstić information content (AvgIpc) is 3.46. The van der Waals surface area contributed by atoms with Crippen LogP contribution in [0.4, 0.5) is 0 Å². The van der Waals surface area contributed by atoms with Crippen LogP contribution in [0.2, 0.25) is 0 Å². The number of carboxylic acids is 1. The summed E-state index contributed by atoms with van der Waals surface area (Å²) in [6, 6.07) is 8.57. The van der Waals surface area contributed by atoms with Crippen molar-refractivity contribution in [1.82, 2.24) is 5.32 Å². The molecule has 30 heavy (non-hydrogen) atoms. The summed E-state index contributed by atoms with van der Waals surface area (Å²) in [5, 5.41) is 11.3. The Morgan fingerprint density at radius 3 is 2.37 bits per heavy atom. The van der Waals surface area contributed by atoms with Crippen LogP contribution in [0.3, 0.4) is 0 Å². The quantitative estimate of drug-likeness (QED) is 0.264. The number of hydrogen-bond donors (Lipinski definition) is 2. The Morgan fingerprint density at radius 2 is 1.80 bits per heavy atom. The molecular formula is C23H27NO6. The Morgan fingerprint density at radius 1 is 1.17 bits per heavy atom. The molecule has 1 aromatic rings. The molecule has 4 atom stereocenters. The van der Waals surface area contributed by atoms with E-state index in [-0.39, 0.29) is 11.8 Å². The number of ether oxygens (including phenoxy) is 2. The summed E-state index contributed by atoms with van der Waals surface area (Å²) in [6.07, 6.45) is 8.26. The molecule has 4 unspecified atom stereocenters. The minimum Gasteiger partial charge on any atom is -0.478 e. The molecule has 0 bridgehead atoms. The number of benzene rings is 1. The van der Waals surface area contributed by atoms with Crippen LogP contribution < -0.4 is 5.32 Å². The molecule has 160 valence electrons. The summed E-state index contributed by atoms with van der Waals surface area (Å²) in [5.41, 5.74) is 0.274. The van der Waals surface area contributed by atoms with Gasteiger partial charge in [-0.05, 0) is 18.6 Å². The Balaban J connectivity index is 2.13. The molecule has 1 heterocycles. The SMILES string of the molecule is CC(=O)NC(C(=O)OC(C=CC=C/C=C/C(=O)O)C1(C)CO1)C(C)c1ccccc1. The molecule has 1 aliphatic heterocycles. The zero-order valence-corrected chi connectivity index (χ0v) is 17.3. The van der Waals surface area contributed by atoms with Crippen LogP contribution in [0.25, 0.3) is 0 Å². The minimum atomic E-state index is -1.04. The van der Waals surface area contributed by atoms with Gasteiger partial charge in [-0.1, -0.05) is 61.6 Å². The van der Waals surface area contributed by atoms with Gasteiger partial charge < -0.3 is 19.9 Å². The second-order valence-corrected chi connectivity index (χ2v) is 7.30. The van der Waals surface area contributed by atoms with E-state index < -0.39 is 29.7 Å². The molecule has 0 aliphatic carbocycles. The molecule has 0 radical (unpaired) electrons. The monoisotopic (exact) mass is 413 g/mol. The van der Waals surface area contributed by atoms with E-state index in [4.69, 9.17) is 14.6 Å². The van der Waals surface area contributed by atoms with Crippen LogP contribution in [-0.2, 0) is 23.9 Å². The fourth-order valence-corrected chi connectivity index (χ4v) is 2.83. The zero-order chi connectivity index (χ0) is 22.1. The Labute approximate surface area is 176 Å². The van der Waals surface area contributed by atoms with Crippen molar-refractivity contribution in [2.45, 2.75) is 44.4 Å². The second-order valence-electron chi connectivity index (χ2n) is 7.30. The number of esters is 1. The van der Waals surface area contributed by atoms with Crippen molar-refractivity contribution in [2.24, 2.45) is 0 Å². The molecule has 0 saturated carbocycles. The number of hydrogen-bond acceptors (Lipinski definition) is 5. The standard InChI is InChI=1S/C23H27NO6/c1-16(18-11-7-6-8-12-18)21(24-17(2)25)22(28)30-19(23(3)15-29-23)13-9-4-5-10-14-20(26)27/h4-14,16,19,21H,15H2,1-3H3,(H,24,25)(H,26,27)/b5-4?,13-9?,14-10+. The first kappa shape index (κ1) is 23.1. The maximum absolute atomic E-state index is 13.0. The van der Waals surface area contributed by atoms with Gasteiger partial charge in [-0.2, -0.15) is 0 Å². The molecule has 7 nitrogen and oxygen atoms in total. The molecule has 1 aromatic carbocycles. The lowest BCUT2D eigenvalue weighted by atomic mass is 9.93. The predicted octanol–water partition coefficient (Wildman–Crippen LogP) is 2.75. The van der Waals surface area contributed by atoms with E-state index in [9.17, 15) is 14.4 Å². The molecule has 7 heteroatoms. The molecule has 1 fully saturated rings. The first-order valence-corrected chi connectivity index (χ1v) is 9.64. The fourth-order valence-electron chi connectivity index (χ4n) is 2.83. The Bertz CT molecular complexity index is 839. The van der Waals surface area contributed by atoms with Crippen molar-refractivity contribution in [1.29, 1.82) is 0 Å². The molecule has 1 aliphatic rings. The number of allylic oxidation sites excluding steroid dienone is 4. The van der Waals surface area contributed by atoms with Crippen molar-refractivity contribution in [3.05, 3.63) is 72.4 Å². The van der Waals surface area contributed by atoms with Gasteiger partial charge in [0, 0.05) is 18.9 Å². The lowest BCUT2D eigenvalue weighted by Crippen LogP contribution is -2.46. The van der Waals surface area contributed by atoms with Gasteiger partial charge in [0.2, 0.25) is 5.91 Å². The number of rotatable bonds is 10. The van der Waals surface area contributed by atoms with Crippen LogP contribution >= 0.6 is 0 Å². The minimum absolute atomic E-state index is 0.291. The third kappa shape index (κ3) is 7.00.